The van der Waals surface area contributed by atoms with Crippen molar-refractivity contribution < 1.29 is 19.0 Å². The maximum absolute atomic E-state index is 12.5. The molecule has 1 amide bonds. The van der Waals surface area contributed by atoms with E-state index in [0.717, 1.165) is 64.1 Å². The number of nitrogens with one attached hydrogen (secondary N) is 1. The fraction of sp³-hybridized carbons (Fsp3) is 0.565. The lowest BCUT2D eigenvalue weighted by Crippen LogP contribution is -2.38. The monoisotopic (exact) mass is 413 g/mol. The van der Waals surface area contributed by atoms with Crippen LogP contribution in [-0.2, 0) is 9.53 Å². The van der Waals surface area contributed by atoms with Crippen molar-refractivity contribution in [3.8, 4) is 17.6 Å². The van der Waals surface area contributed by atoms with E-state index < -0.39 is 0 Å². The van der Waals surface area contributed by atoms with Crippen LogP contribution in [0.1, 0.15) is 37.7 Å². The van der Waals surface area contributed by atoms with Crippen LogP contribution < -0.4 is 14.8 Å². The Bertz CT molecular complexity index is 775. The molecule has 7 heteroatoms. The molecular weight excluding hydrogens is 382 g/mol. The number of carbonyl (C=O) groups is 1. The predicted molar refractivity (Wildman–Crippen MR) is 114 cm³/mol. The first-order valence-corrected chi connectivity index (χ1v) is 10.7. The second-order valence-corrected chi connectivity index (χ2v) is 7.69. The molecule has 1 aromatic rings. The fourth-order valence-corrected chi connectivity index (χ4v) is 3.83. The molecule has 3 rings (SSSR count). The summed E-state index contributed by atoms with van der Waals surface area (Å²) >= 11 is 0. The van der Waals surface area contributed by atoms with Gasteiger partial charge in [0.25, 0.3) is 5.91 Å². The van der Waals surface area contributed by atoms with Crippen LogP contribution in [0.25, 0.3) is 6.08 Å². The fourth-order valence-electron chi connectivity index (χ4n) is 3.83. The normalized spacial score (nSPS) is 18.5. The molecule has 0 aromatic heterocycles. The van der Waals surface area contributed by atoms with Crippen molar-refractivity contribution >= 4 is 12.0 Å². The first kappa shape index (κ1) is 22.1. The predicted octanol–water partition coefficient (Wildman–Crippen LogP) is 2.76. The molecule has 162 valence electrons. The summed E-state index contributed by atoms with van der Waals surface area (Å²) in [5, 5.41) is 12.4. The Labute approximate surface area is 178 Å². The Morgan fingerprint density at radius 1 is 1.27 bits per heavy atom. The zero-order valence-corrected chi connectivity index (χ0v) is 17.7. The summed E-state index contributed by atoms with van der Waals surface area (Å²) in [6, 6.07) is 7.63. The van der Waals surface area contributed by atoms with E-state index in [2.05, 4.69) is 10.2 Å². The number of morpholine rings is 1. The van der Waals surface area contributed by atoms with Gasteiger partial charge in [0, 0.05) is 25.7 Å². The molecule has 7 nitrogen and oxygen atoms in total. The molecular formula is C23H31N3O4. The van der Waals surface area contributed by atoms with Gasteiger partial charge >= 0.3 is 0 Å². The van der Waals surface area contributed by atoms with Crippen molar-refractivity contribution in [2.45, 2.75) is 38.1 Å². The Kier molecular flexibility index (Phi) is 8.54. The first-order valence-electron chi connectivity index (χ1n) is 10.7. The second kappa shape index (κ2) is 11.6. The zero-order valence-electron chi connectivity index (χ0n) is 17.7. The van der Waals surface area contributed by atoms with Gasteiger partial charge in [-0.05, 0) is 36.6 Å². The summed E-state index contributed by atoms with van der Waals surface area (Å²) in [5.74, 6) is 0.915. The van der Waals surface area contributed by atoms with Gasteiger partial charge in [-0.15, -0.1) is 0 Å². The van der Waals surface area contributed by atoms with Gasteiger partial charge in [0.2, 0.25) is 0 Å². The van der Waals surface area contributed by atoms with Gasteiger partial charge in [-0.1, -0.05) is 25.3 Å². The van der Waals surface area contributed by atoms with Gasteiger partial charge in [0.05, 0.1) is 20.3 Å². The molecule has 0 unspecified atom stereocenters. The van der Waals surface area contributed by atoms with Gasteiger partial charge < -0.3 is 19.5 Å². The van der Waals surface area contributed by atoms with Crippen LogP contribution in [0.5, 0.6) is 11.5 Å². The molecule has 2 fully saturated rings. The standard InChI is InChI=1S/C23H31N3O4/c1-28-22-16-18(7-8-21(22)30-14-11-26-9-12-29-13-10-26)15-19(17-24)23(27)25-20-5-3-2-4-6-20/h7-8,15-16,20H,2-6,9-14H2,1H3,(H,25,27)/b19-15+. The topological polar surface area (TPSA) is 83.8 Å². The molecule has 1 heterocycles. The Morgan fingerprint density at radius 2 is 2.03 bits per heavy atom. The number of hydrogen-bond acceptors (Lipinski definition) is 6. The molecule has 1 saturated carbocycles. The van der Waals surface area contributed by atoms with Crippen LogP contribution in [-0.4, -0.2) is 63.4 Å². The lowest BCUT2D eigenvalue weighted by atomic mass is 9.95. The molecule has 0 bridgehead atoms. The molecule has 1 saturated heterocycles. The molecule has 0 spiro atoms. The van der Waals surface area contributed by atoms with Gasteiger partial charge in [-0.2, -0.15) is 5.26 Å². The largest absolute Gasteiger partial charge is 0.493 e. The molecule has 0 atom stereocenters. The van der Waals surface area contributed by atoms with E-state index >= 15 is 0 Å². The highest BCUT2D eigenvalue weighted by atomic mass is 16.5. The number of hydrogen-bond donors (Lipinski definition) is 1. The average Bonchev–Trinajstić information content (AvgIpc) is 2.79. The molecule has 1 aliphatic carbocycles. The highest BCUT2D eigenvalue weighted by Crippen LogP contribution is 2.29. The number of carbonyl (C=O) groups excluding carboxylic acids is 1. The maximum Gasteiger partial charge on any atom is 0.262 e. The number of benzene rings is 1. The molecule has 1 aromatic carbocycles. The van der Waals surface area contributed by atoms with Crippen LogP contribution in [0.2, 0.25) is 0 Å². The minimum atomic E-state index is -0.311. The molecule has 1 aliphatic heterocycles. The number of methoxy groups -OCH3 is 1. The second-order valence-electron chi connectivity index (χ2n) is 7.69. The molecule has 30 heavy (non-hydrogen) atoms. The lowest BCUT2D eigenvalue weighted by Gasteiger charge is -2.26. The summed E-state index contributed by atoms with van der Waals surface area (Å²) in [6.07, 6.45) is 7.02. The summed E-state index contributed by atoms with van der Waals surface area (Å²) in [4.78, 5) is 14.8. The van der Waals surface area contributed by atoms with E-state index in [1.54, 1.807) is 19.3 Å². The summed E-state index contributed by atoms with van der Waals surface area (Å²) < 4.78 is 16.7. The minimum Gasteiger partial charge on any atom is -0.493 e. The van der Waals surface area contributed by atoms with E-state index in [9.17, 15) is 10.1 Å². The van der Waals surface area contributed by atoms with Gasteiger partial charge in [-0.3, -0.25) is 9.69 Å². The van der Waals surface area contributed by atoms with Crippen molar-refractivity contribution in [3.05, 3.63) is 29.3 Å². The van der Waals surface area contributed by atoms with Crippen LogP contribution in [0.4, 0.5) is 0 Å². The Morgan fingerprint density at radius 3 is 2.73 bits per heavy atom. The Balaban J connectivity index is 1.60. The van der Waals surface area contributed by atoms with Crippen molar-refractivity contribution in [1.29, 1.82) is 5.26 Å². The van der Waals surface area contributed by atoms with E-state index in [4.69, 9.17) is 14.2 Å². The quantitative estimate of drug-likeness (QED) is 0.521. The third-order valence-corrected chi connectivity index (χ3v) is 5.57. The number of amides is 1. The van der Waals surface area contributed by atoms with Crippen LogP contribution in [0.3, 0.4) is 0 Å². The van der Waals surface area contributed by atoms with Crippen molar-refractivity contribution in [2.24, 2.45) is 0 Å². The molecule has 0 radical (unpaired) electrons. The highest BCUT2D eigenvalue weighted by Gasteiger charge is 2.18. The number of rotatable bonds is 8. The van der Waals surface area contributed by atoms with E-state index in [0.29, 0.717) is 18.1 Å². The number of ether oxygens (including phenoxy) is 3. The highest BCUT2D eigenvalue weighted by molar-refractivity contribution is 6.01. The summed E-state index contributed by atoms with van der Waals surface area (Å²) in [5.41, 5.74) is 0.825. The van der Waals surface area contributed by atoms with Crippen molar-refractivity contribution in [1.82, 2.24) is 10.2 Å². The van der Waals surface area contributed by atoms with Crippen LogP contribution in [0, 0.1) is 11.3 Å². The smallest absolute Gasteiger partial charge is 0.262 e. The van der Waals surface area contributed by atoms with Gasteiger partial charge in [-0.25, -0.2) is 0 Å². The third-order valence-electron chi connectivity index (χ3n) is 5.57. The third kappa shape index (κ3) is 6.48. The minimum absolute atomic E-state index is 0.101. The summed E-state index contributed by atoms with van der Waals surface area (Å²) in [6.45, 7) is 4.75. The lowest BCUT2D eigenvalue weighted by molar-refractivity contribution is -0.117. The van der Waals surface area contributed by atoms with E-state index in [1.165, 1.54) is 6.42 Å². The van der Waals surface area contributed by atoms with Crippen molar-refractivity contribution in [3.63, 3.8) is 0 Å². The van der Waals surface area contributed by atoms with Crippen molar-refractivity contribution in [2.75, 3.05) is 46.6 Å². The summed E-state index contributed by atoms with van der Waals surface area (Å²) in [7, 11) is 1.58. The SMILES string of the molecule is COc1cc(/C=C(\C#N)C(=O)NC2CCCCC2)ccc1OCCN1CCOCC1. The number of nitriles is 1. The van der Waals surface area contributed by atoms with Gasteiger partial charge in [0.15, 0.2) is 11.5 Å². The zero-order chi connectivity index (χ0) is 21.2. The van der Waals surface area contributed by atoms with E-state index in [-0.39, 0.29) is 17.5 Å². The molecule has 2 aliphatic rings. The average molecular weight is 414 g/mol. The Hall–Kier alpha value is -2.56. The van der Waals surface area contributed by atoms with Gasteiger partial charge in [0.1, 0.15) is 18.2 Å². The van der Waals surface area contributed by atoms with Crippen LogP contribution in [0.15, 0.2) is 23.8 Å². The van der Waals surface area contributed by atoms with E-state index in [1.807, 2.05) is 18.2 Å². The molecule has 1 N–H and O–H groups in total. The first-order chi connectivity index (χ1) is 14.7. The number of nitrogens with zero attached hydrogens (tertiary/aromatic N) is 2. The van der Waals surface area contributed by atoms with Crippen LogP contribution >= 0.6 is 0 Å². The maximum atomic E-state index is 12.5.